The number of carbonyl (C=O) groups is 1. The van der Waals surface area contributed by atoms with Crippen LogP contribution in [0.5, 0.6) is 23.0 Å². The van der Waals surface area contributed by atoms with E-state index in [2.05, 4.69) is 0 Å². The molecule has 2 aromatic rings. The second kappa shape index (κ2) is 6.51. The van der Waals surface area contributed by atoms with Gasteiger partial charge in [-0.2, -0.15) is 0 Å². The summed E-state index contributed by atoms with van der Waals surface area (Å²) in [7, 11) is 0. The van der Waals surface area contributed by atoms with Crippen LogP contribution in [0.4, 0.5) is 0 Å². The van der Waals surface area contributed by atoms with Gasteiger partial charge in [0.2, 0.25) is 0 Å². The van der Waals surface area contributed by atoms with Crippen LogP contribution in [-0.4, -0.2) is 21.1 Å². The van der Waals surface area contributed by atoms with E-state index in [0.29, 0.717) is 17.5 Å². The smallest absolute Gasteiger partial charge is 0.174 e. The third-order valence-corrected chi connectivity index (χ3v) is 4.22. The molecule has 0 spiro atoms. The average Bonchev–Trinajstić information content (AvgIpc) is 2.53. The van der Waals surface area contributed by atoms with E-state index in [-0.39, 0.29) is 40.8 Å². The molecule has 3 rings (SSSR count). The molecule has 0 radical (unpaired) electrons. The van der Waals surface area contributed by atoms with Crippen LogP contribution < -0.4 is 4.74 Å². The van der Waals surface area contributed by atoms with E-state index in [1.807, 2.05) is 19.9 Å². The Balaban J connectivity index is 2.00. The minimum Gasteiger partial charge on any atom is -0.508 e. The number of phenols is 3. The lowest BCUT2D eigenvalue weighted by atomic mass is 9.92. The number of ketones is 1. The first-order chi connectivity index (χ1) is 11.9. The van der Waals surface area contributed by atoms with Crippen LogP contribution in [0, 0.1) is 0 Å². The second-order valence-corrected chi connectivity index (χ2v) is 6.41. The van der Waals surface area contributed by atoms with Crippen LogP contribution in [0.1, 0.15) is 47.9 Å². The van der Waals surface area contributed by atoms with Crippen molar-refractivity contribution >= 4 is 5.78 Å². The molecule has 0 fully saturated rings. The standard InChI is InChI=1S/C20H20O5/c1-11(2)6-7-14-15(22)9-18-19(20(14)24)16(23)10-17(25-18)12-4-3-5-13(21)8-12/h3-6,8-9,17,21-22,24H,7,10H2,1-2H3. The van der Waals surface area contributed by atoms with E-state index in [4.69, 9.17) is 4.74 Å². The third-order valence-electron chi connectivity index (χ3n) is 4.22. The van der Waals surface area contributed by atoms with Gasteiger partial charge in [0.25, 0.3) is 0 Å². The quantitative estimate of drug-likeness (QED) is 0.735. The maximum Gasteiger partial charge on any atom is 0.174 e. The van der Waals surface area contributed by atoms with Crippen LogP contribution in [0.25, 0.3) is 0 Å². The van der Waals surface area contributed by atoms with Gasteiger partial charge in [-0.15, -0.1) is 0 Å². The number of aromatic hydroxyl groups is 3. The van der Waals surface area contributed by atoms with Gasteiger partial charge in [-0.25, -0.2) is 0 Å². The number of carbonyl (C=O) groups excluding carboxylic acids is 1. The van der Waals surface area contributed by atoms with Gasteiger partial charge in [0.05, 0.1) is 6.42 Å². The van der Waals surface area contributed by atoms with Crippen molar-refractivity contribution in [2.24, 2.45) is 0 Å². The molecule has 5 heteroatoms. The lowest BCUT2D eigenvalue weighted by Gasteiger charge is -2.27. The molecule has 1 unspecified atom stereocenters. The SMILES string of the molecule is CC(C)=CCc1c(O)cc2c(c1O)C(=O)CC(c1cccc(O)c1)O2. The molecule has 0 aromatic heterocycles. The monoisotopic (exact) mass is 340 g/mol. The molecule has 0 saturated carbocycles. The molecule has 1 aliphatic rings. The highest BCUT2D eigenvalue weighted by atomic mass is 16.5. The predicted octanol–water partition coefficient (Wildman–Crippen LogP) is 4.02. The fourth-order valence-corrected chi connectivity index (χ4v) is 2.92. The molecule has 0 saturated heterocycles. The molecule has 0 aliphatic carbocycles. The summed E-state index contributed by atoms with van der Waals surface area (Å²) >= 11 is 0. The van der Waals surface area contributed by atoms with E-state index in [1.165, 1.54) is 18.2 Å². The summed E-state index contributed by atoms with van der Waals surface area (Å²) in [5.41, 5.74) is 2.12. The minimum absolute atomic E-state index is 0.0525. The number of hydrogen-bond acceptors (Lipinski definition) is 5. The summed E-state index contributed by atoms with van der Waals surface area (Å²) in [4.78, 5) is 12.6. The van der Waals surface area contributed by atoms with Gasteiger partial charge >= 0.3 is 0 Å². The summed E-state index contributed by atoms with van der Waals surface area (Å²) in [6.07, 6.45) is 1.67. The predicted molar refractivity (Wildman–Crippen MR) is 93.3 cm³/mol. The molecule has 5 nitrogen and oxygen atoms in total. The van der Waals surface area contributed by atoms with Crippen molar-refractivity contribution in [3.05, 3.63) is 58.7 Å². The van der Waals surface area contributed by atoms with Gasteiger partial charge in [0.15, 0.2) is 5.78 Å². The topological polar surface area (TPSA) is 87.0 Å². The highest BCUT2D eigenvalue weighted by Gasteiger charge is 2.32. The summed E-state index contributed by atoms with van der Waals surface area (Å²) in [5.74, 6) is -0.363. The number of phenolic OH excluding ortho intramolecular Hbond substituents is 3. The summed E-state index contributed by atoms with van der Waals surface area (Å²) in [5, 5.41) is 30.3. The van der Waals surface area contributed by atoms with Crippen molar-refractivity contribution < 1.29 is 24.9 Å². The molecule has 3 N–H and O–H groups in total. The summed E-state index contributed by atoms with van der Waals surface area (Å²) < 4.78 is 5.82. The second-order valence-electron chi connectivity index (χ2n) is 6.41. The first kappa shape index (κ1) is 16.9. The van der Waals surface area contributed by atoms with E-state index in [9.17, 15) is 20.1 Å². The zero-order chi connectivity index (χ0) is 18.1. The van der Waals surface area contributed by atoms with Crippen LogP contribution in [0.2, 0.25) is 0 Å². The molecular weight excluding hydrogens is 320 g/mol. The van der Waals surface area contributed by atoms with Gasteiger partial charge in [-0.05, 0) is 38.0 Å². The number of rotatable bonds is 3. The molecule has 130 valence electrons. The van der Waals surface area contributed by atoms with Gasteiger partial charge in [0, 0.05) is 11.6 Å². The number of ether oxygens (including phenoxy) is 1. The van der Waals surface area contributed by atoms with Gasteiger partial charge in [-0.1, -0.05) is 23.8 Å². The molecule has 1 aliphatic heterocycles. The maximum absolute atomic E-state index is 12.6. The normalized spacial score (nSPS) is 16.1. The van der Waals surface area contributed by atoms with E-state index in [1.54, 1.807) is 12.1 Å². The van der Waals surface area contributed by atoms with Crippen molar-refractivity contribution in [2.45, 2.75) is 32.8 Å². The third kappa shape index (κ3) is 3.31. The number of hydrogen-bond donors (Lipinski definition) is 3. The molecule has 2 aromatic carbocycles. The Morgan fingerprint density at radius 3 is 2.68 bits per heavy atom. The Kier molecular flexibility index (Phi) is 4.40. The highest BCUT2D eigenvalue weighted by Crippen LogP contribution is 2.44. The Morgan fingerprint density at radius 1 is 1.24 bits per heavy atom. The average molecular weight is 340 g/mol. The van der Waals surface area contributed by atoms with E-state index >= 15 is 0 Å². The molecule has 25 heavy (non-hydrogen) atoms. The fraction of sp³-hybridized carbons (Fsp3) is 0.250. The number of benzene rings is 2. The lowest BCUT2D eigenvalue weighted by Crippen LogP contribution is -2.20. The Bertz CT molecular complexity index is 863. The molecule has 0 bridgehead atoms. The van der Waals surface area contributed by atoms with Crippen molar-refractivity contribution in [3.63, 3.8) is 0 Å². The maximum atomic E-state index is 12.6. The van der Waals surface area contributed by atoms with Crippen LogP contribution in [0.3, 0.4) is 0 Å². The van der Waals surface area contributed by atoms with Crippen LogP contribution in [0.15, 0.2) is 42.0 Å². The van der Waals surface area contributed by atoms with Gasteiger partial charge in [-0.3, -0.25) is 4.79 Å². The number of Topliss-reactive ketones (excluding diaryl/α,β-unsaturated/α-hetero) is 1. The first-order valence-corrected chi connectivity index (χ1v) is 8.06. The number of fused-ring (bicyclic) bond motifs is 1. The molecule has 1 heterocycles. The van der Waals surface area contributed by atoms with Crippen molar-refractivity contribution in [1.82, 2.24) is 0 Å². The number of allylic oxidation sites excluding steroid dienone is 2. The fourth-order valence-electron chi connectivity index (χ4n) is 2.92. The van der Waals surface area contributed by atoms with Crippen LogP contribution in [-0.2, 0) is 6.42 Å². The first-order valence-electron chi connectivity index (χ1n) is 8.06. The zero-order valence-electron chi connectivity index (χ0n) is 14.1. The lowest BCUT2D eigenvalue weighted by molar-refractivity contribution is 0.0844. The largest absolute Gasteiger partial charge is 0.508 e. The van der Waals surface area contributed by atoms with Crippen molar-refractivity contribution in [2.75, 3.05) is 0 Å². The van der Waals surface area contributed by atoms with Crippen molar-refractivity contribution in [3.8, 4) is 23.0 Å². The Hall–Kier alpha value is -2.95. The zero-order valence-corrected chi connectivity index (χ0v) is 14.1. The molecule has 1 atom stereocenters. The Labute approximate surface area is 145 Å². The Morgan fingerprint density at radius 2 is 2.00 bits per heavy atom. The van der Waals surface area contributed by atoms with Crippen molar-refractivity contribution in [1.29, 1.82) is 0 Å². The summed E-state index contributed by atoms with van der Waals surface area (Å²) in [6, 6.07) is 7.87. The summed E-state index contributed by atoms with van der Waals surface area (Å²) in [6.45, 7) is 3.83. The van der Waals surface area contributed by atoms with Crippen LogP contribution >= 0.6 is 0 Å². The van der Waals surface area contributed by atoms with Gasteiger partial charge < -0.3 is 20.1 Å². The van der Waals surface area contributed by atoms with Gasteiger partial charge in [0.1, 0.15) is 34.7 Å². The minimum atomic E-state index is -0.575. The highest BCUT2D eigenvalue weighted by molar-refractivity contribution is 6.03. The molecular formula is C20H20O5. The van der Waals surface area contributed by atoms with E-state index < -0.39 is 6.10 Å². The van der Waals surface area contributed by atoms with E-state index in [0.717, 1.165) is 5.57 Å². The molecule has 0 amide bonds.